The third-order valence-electron chi connectivity index (χ3n) is 5.33. The Morgan fingerprint density at radius 2 is 2.10 bits per heavy atom. The summed E-state index contributed by atoms with van der Waals surface area (Å²) in [7, 11) is 0. The Bertz CT molecular complexity index is 947. The monoisotopic (exact) mass is 417 g/mol. The lowest BCUT2D eigenvalue weighted by molar-refractivity contribution is -0.150. The Kier molecular flexibility index (Phi) is 5.44. The molecular formula is C22H28FN3O4. The van der Waals surface area contributed by atoms with Crippen molar-refractivity contribution in [2.24, 2.45) is 0 Å². The van der Waals surface area contributed by atoms with E-state index in [4.69, 9.17) is 9.47 Å². The van der Waals surface area contributed by atoms with Crippen LogP contribution >= 0.6 is 0 Å². The van der Waals surface area contributed by atoms with E-state index < -0.39 is 17.8 Å². The fourth-order valence-corrected chi connectivity index (χ4v) is 3.71. The molecule has 1 aromatic heterocycles. The highest BCUT2D eigenvalue weighted by Crippen LogP contribution is 2.31. The number of aromatic amines is 1. The van der Waals surface area contributed by atoms with Gasteiger partial charge in [0.05, 0.1) is 13.2 Å². The van der Waals surface area contributed by atoms with Gasteiger partial charge in [-0.05, 0) is 57.4 Å². The summed E-state index contributed by atoms with van der Waals surface area (Å²) in [6.45, 7) is 6.65. The van der Waals surface area contributed by atoms with Crippen molar-refractivity contribution in [2.75, 3.05) is 19.7 Å². The topological polar surface area (TPSA) is 74.9 Å². The summed E-state index contributed by atoms with van der Waals surface area (Å²) in [6, 6.07) is 4.74. The number of ether oxygens (including phenoxy) is 2. The summed E-state index contributed by atoms with van der Waals surface area (Å²) in [6.07, 6.45) is 2.53. The maximum atomic E-state index is 13.7. The third-order valence-corrected chi connectivity index (χ3v) is 5.33. The van der Waals surface area contributed by atoms with Crippen LogP contribution in [0.25, 0.3) is 10.9 Å². The van der Waals surface area contributed by atoms with Gasteiger partial charge in [0.15, 0.2) is 6.10 Å². The minimum Gasteiger partial charge on any atom is -0.444 e. The lowest BCUT2D eigenvalue weighted by Crippen LogP contribution is -2.53. The largest absolute Gasteiger partial charge is 0.444 e. The van der Waals surface area contributed by atoms with Gasteiger partial charge >= 0.3 is 6.09 Å². The van der Waals surface area contributed by atoms with Gasteiger partial charge in [-0.2, -0.15) is 0 Å². The molecule has 30 heavy (non-hydrogen) atoms. The van der Waals surface area contributed by atoms with Crippen molar-refractivity contribution < 1.29 is 23.5 Å². The zero-order valence-electron chi connectivity index (χ0n) is 17.6. The van der Waals surface area contributed by atoms with Crippen LogP contribution in [0.2, 0.25) is 0 Å². The van der Waals surface area contributed by atoms with Gasteiger partial charge in [0.25, 0.3) is 5.91 Å². The van der Waals surface area contributed by atoms with Crippen molar-refractivity contribution in [3.05, 3.63) is 35.8 Å². The standard InChI is InChI=1S/C22H28FN3O4/c1-22(2,3)30-21(28)25-8-9-29-19(13-25)20(27)26(16-5-6-16)12-14-11-24-18-7-4-15(23)10-17(14)18/h4,7,10-11,16,19,24H,5-6,8-9,12-13H2,1-3H3. The summed E-state index contributed by atoms with van der Waals surface area (Å²) in [5.41, 5.74) is 1.10. The molecule has 4 rings (SSSR count). The molecule has 7 nitrogen and oxygen atoms in total. The first-order valence-corrected chi connectivity index (χ1v) is 10.4. The first kappa shape index (κ1) is 20.7. The number of benzene rings is 1. The molecule has 1 saturated carbocycles. The maximum Gasteiger partial charge on any atom is 0.410 e. The molecule has 0 radical (unpaired) electrons. The Balaban J connectivity index is 1.48. The van der Waals surface area contributed by atoms with E-state index in [9.17, 15) is 14.0 Å². The quantitative estimate of drug-likeness (QED) is 0.827. The summed E-state index contributed by atoms with van der Waals surface area (Å²) < 4.78 is 24.9. The minimum atomic E-state index is -0.728. The molecule has 1 atom stereocenters. The van der Waals surface area contributed by atoms with E-state index >= 15 is 0 Å². The van der Waals surface area contributed by atoms with Gasteiger partial charge in [-0.25, -0.2) is 9.18 Å². The van der Waals surface area contributed by atoms with Gasteiger partial charge < -0.3 is 24.3 Å². The van der Waals surface area contributed by atoms with E-state index in [-0.39, 0.29) is 30.9 Å². The number of hydrogen-bond donors (Lipinski definition) is 1. The summed E-state index contributed by atoms with van der Waals surface area (Å²) in [4.78, 5) is 32.2. The number of morpholine rings is 1. The SMILES string of the molecule is CC(C)(C)OC(=O)N1CCOC(C(=O)N(Cc2c[nH]c3ccc(F)cc23)C2CC2)C1. The maximum absolute atomic E-state index is 13.7. The van der Waals surface area contributed by atoms with Crippen LogP contribution in [-0.4, -0.2) is 64.2 Å². The van der Waals surface area contributed by atoms with Crippen molar-refractivity contribution in [1.82, 2.24) is 14.8 Å². The average Bonchev–Trinajstić information content (AvgIpc) is 3.46. The number of amides is 2. The molecule has 2 heterocycles. The van der Waals surface area contributed by atoms with Crippen molar-refractivity contribution in [3.63, 3.8) is 0 Å². The van der Waals surface area contributed by atoms with Crippen LogP contribution in [0, 0.1) is 5.82 Å². The van der Waals surface area contributed by atoms with Gasteiger partial charge in [0.1, 0.15) is 11.4 Å². The highest BCUT2D eigenvalue weighted by molar-refractivity contribution is 5.86. The molecule has 2 aromatic rings. The molecule has 2 fully saturated rings. The van der Waals surface area contributed by atoms with Crippen LogP contribution in [0.1, 0.15) is 39.2 Å². The zero-order valence-corrected chi connectivity index (χ0v) is 17.6. The van der Waals surface area contributed by atoms with E-state index in [1.165, 1.54) is 17.0 Å². The number of halogens is 1. The first-order chi connectivity index (χ1) is 14.2. The fourth-order valence-electron chi connectivity index (χ4n) is 3.71. The number of rotatable bonds is 4. The van der Waals surface area contributed by atoms with Crippen LogP contribution in [-0.2, 0) is 20.8 Å². The van der Waals surface area contributed by atoms with Gasteiger partial charge in [0, 0.05) is 36.2 Å². The van der Waals surface area contributed by atoms with Crippen molar-refractivity contribution in [1.29, 1.82) is 0 Å². The number of H-pyrrole nitrogens is 1. The van der Waals surface area contributed by atoms with Gasteiger partial charge in [0.2, 0.25) is 0 Å². The minimum absolute atomic E-state index is 0.142. The summed E-state index contributed by atoms with van der Waals surface area (Å²) >= 11 is 0. The van der Waals surface area contributed by atoms with Crippen LogP contribution in [0.3, 0.4) is 0 Å². The first-order valence-electron chi connectivity index (χ1n) is 10.4. The number of aromatic nitrogens is 1. The predicted octanol–water partition coefficient (Wildman–Crippen LogP) is 3.43. The number of nitrogens with zero attached hydrogens (tertiary/aromatic N) is 2. The lowest BCUT2D eigenvalue weighted by atomic mass is 10.1. The highest BCUT2D eigenvalue weighted by Gasteiger charge is 2.39. The molecular weight excluding hydrogens is 389 g/mol. The molecule has 0 bridgehead atoms. The molecule has 0 spiro atoms. The number of nitrogens with one attached hydrogen (secondary N) is 1. The van der Waals surface area contributed by atoms with E-state index in [0.29, 0.717) is 13.1 Å². The normalized spacial score (nSPS) is 19.7. The second-order valence-electron chi connectivity index (χ2n) is 8.99. The Morgan fingerprint density at radius 1 is 1.33 bits per heavy atom. The molecule has 1 unspecified atom stereocenters. The highest BCUT2D eigenvalue weighted by atomic mass is 19.1. The predicted molar refractivity (Wildman–Crippen MR) is 109 cm³/mol. The lowest BCUT2D eigenvalue weighted by Gasteiger charge is -2.35. The third kappa shape index (κ3) is 4.59. The van der Waals surface area contributed by atoms with Gasteiger partial charge in [-0.15, -0.1) is 0 Å². The number of carbonyl (C=O) groups is 2. The Morgan fingerprint density at radius 3 is 2.80 bits per heavy atom. The van der Waals surface area contributed by atoms with E-state index in [2.05, 4.69) is 4.98 Å². The summed E-state index contributed by atoms with van der Waals surface area (Å²) in [5.74, 6) is -0.451. The number of fused-ring (bicyclic) bond motifs is 1. The van der Waals surface area contributed by atoms with Crippen molar-refractivity contribution in [2.45, 2.75) is 57.9 Å². The second-order valence-corrected chi connectivity index (χ2v) is 8.99. The Labute approximate surface area is 175 Å². The Hall–Kier alpha value is -2.61. The van der Waals surface area contributed by atoms with Crippen molar-refractivity contribution in [3.8, 4) is 0 Å². The average molecular weight is 417 g/mol. The van der Waals surface area contributed by atoms with Crippen molar-refractivity contribution >= 4 is 22.9 Å². The van der Waals surface area contributed by atoms with Crippen LogP contribution in [0.15, 0.2) is 24.4 Å². The fraction of sp³-hybridized carbons (Fsp3) is 0.545. The molecule has 2 aliphatic rings. The molecule has 1 aromatic carbocycles. The number of carbonyl (C=O) groups excluding carboxylic acids is 2. The molecule has 1 aliphatic carbocycles. The van der Waals surface area contributed by atoms with Gasteiger partial charge in [-0.3, -0.25) is 4.79 Å². The van der Waals surface area contributed by atoms with Gasteiger partial charge in [-0.1, -0.05) is 0 Å². The number of hydrogen-bond acceptors (Lipinski definition) is 4. The van der Waals surface area contributed by atoms with E-state index in [0.717, 1.165) is 29.3 Å². The van der Waals surface area contributed by atoms with Crippen LogP contribution < -0.4 is 0 Å². The van der Waals surface area contributed by atoms with Crippen LogP contribution in [0.4, 0.5) is 9.18 Å². The second kappa shape index (κ2) is 7.91. The van der Waals surface area contributed by atoms with Crippen LogP contribution in [0.5, 0.6) is 0 Å². The molecule has 162 valence electrons. The molecule has 2 amide bonds. The molecule has 8 heteroatoms. The van der Waals surface area contributed by atoms with E-state index in [1.807, 2.05) is 27.0 Å². The molecule has 1 saturated heterocycles. The molecule has 1 aliphatic heterocycles. The summed E-state index contributed by atoms with van der Waals surface area (Å²) in [5, 5.41) is 0.772. The van der Waals surface area contributed by atoms with E-state index in [1.54, 1.807) is 11.0 Å². The molecule has 1 N–H and O–H groups in total. The zero-order chi connectivity index (χ0) is 21.5. The smallest absolute Gasteiger partial charge is 0.410 e.